The summed E-state index contributed by atoms with van der Waals surface area (Å²) in [7, 11) is 0. The Morgan fingerprint density at radius 2 is 1.64 bits per heavy atom. The molecule has 2 aromatic carbocycles. The van der Waals surface area contributed by atoms with Gasteiger partial charge >= 0.3 is 0 Å². The van der Waals surface area contributed by atoms with Gasteiger partial charge in [0, 0.05) is 12.2 Å². The lowest BCUT2D eigenvalue weighted by Gasteiger charge is -2.35. The molecule has 0 spiro atoms. The minimum atomic E-state index is -0.265. The van der Waals surface area contributed by atoms with E-state index in [2.05, 4.69) is 15.5 Å². The van der Waals surface area contributed by atoms with Crippen molar-refractivity contribution in [2.45, 2.75) is 38.8 Å². The molecule has 5 heteroatoms. The third-order valence-electron chi connectivity index (χ3n) is 5.45. The molecule has 0 unspecified atom stereocenters. The number of nitrogens with zero attached hydrogens (tertiary/aromatic N) is 1. The molecule has 0 aromatic heterocycles. The van der Waals surface area contributed by atoms with Crippen LogP contribution >= 0.6 is 0 Å². The Hall–Kier alpha value is -2.66. The lowest BCUT2D eigenvalue weighted by Crippen LogP contribution is -2.51. The molecule has 1 saturated heterocycles. The molecule has 2 aromatic rings. The van der Waals surface area contributed by atoms with Crippen LogP contribution in [-0.2, 0) is 9.59 Å². The van der Waals surface area contributed by atoms with Crippen LogP contribution in [0.15, 0.2) is 60.7 Å². The van der Waals surface area contributed by atoms with Crippen molar-refractivity contribution in [3.05, 3.63) is 66.2 Å². The Morgan fingerprint density at radius 1 is 1.00 bits per heavy atom. The first-order chi connectivity index (χ1) is 13.5. The summed E-state index contributed by atoms with van der Waals surface area (Å²) in [5, 5.41) is 6.08. The Bertz CT molecular complexity index is 779. The minimum Gasteiger partial charge on any atom is -0.348 e. The Kier molecular flexibility index (Phi) is 6.82. The lowest BCUT2D eigenvalue weighted by molar-refractivity contribution is -0.129. The summed E-state index contributed by atoms with van der Waals surface area (Å²) in [6.45, 7) is 5.35. The maximum Gasteiger partial charge on any atom is 0.237 e. The fourth-order valence-electron chi connectivity index (χ4n) is 3.66. The summed E-state index contributed by atoms with van der Waals surface area (Å²) in [6.07, 6.45) is 1.77. The second-order valence-corrected chi connectivity index (χ2v) is 7.51. The van der Waals surface area contributed by atoms with Crippen molar-refractivity contribution < 1.29 is 9.59 Å². The molecule has 2 N–H and O–H groups in total. The number of carbonyl (C=O) groups is 2. The quantitative estimate of drug-likeness (QED) is 0.806. The van der Waals surface area contributed by atoms with Gasteiger partial charge in [0.15, 0.2) is 0 Å². The summed E-state index contributed by atoms with van der Waals surface area (Å²) in [5.74, 6) is -0.0719. The summed E-state index contributed by atoms with van der Waals surface area (Å²) < 4.78 is 0. The van der Waals surface area contributed by atoms with E-state index >= 15 is 0 Å². The molecule has 0 bridgehead atoms. The molecule has 0 aliphatic carbocycles. The number of likely N-dealkylation sites (tertiary alicyclic amines) is 1. The van der Waals surface area contributed by atoms with Crippen molar-refractivity contribution >= 4 is 17.5 Å². The Labute approximate surface area is 167 Å². The maximum atomic E-state index is 12.7. The van der Waals surface area contributed by atoms with Gasteiger partial charge in [-0.2, -0.15) is 0 Å². The number of amides is 2. The SMILES string of the molecule is C[C@H](NC(=O)[C@H](C)N1CCC[C@H](C(=O)Nc2ccccc2)C1)c1ccccc1. The summed E-state index contributed by atoms with van der Waals surface area (Å²) in [4.78, 5) is 27.5. The molecule has 1 heterocycles. The number of nitrogens with one attached hydrogen (secondary N) is 2. The second-order valence-electron chi connectivity index (χ2n) is 7.51. The van der Waals surface area contributed by atoms with Crippen LogP contribution in [0.25, 0.3) is 0 Å². The molecule has 0 saturated carbocycles. The number of rotatable bonds is 6. The molecule has 1 aliphatic heterocycles. The largest absolute Gasteiger partial charge is 0.348 e. The van der Waals surface area contributed by atoms with E-state index in [-0.39, 0.29) is 29.8 Å². The maximum absolute atomic E-state index is 12.7. The van der Waals surface area contributed by atoms with Crippen LogP contribution in [-0.4, -0.2) is 35.8 Å². The topological polar surface area (TPSA) is 61.4 Å². The second kappa shape index (κ2) is 9.51. The van der Waals surface area contributed by atoms with Crippen molar-refractivity contribution in [2.75, 3.05) is 18.4 Å². The van der Waals surface area contributed by atoms with Gasteiger partial charge in [0.1, 0.15) is 0 Å². The van der Waals surface area contributed by atoms with E-state index in [9.17, 15) is 9.59 Å². The van der Waals surface area contributed by atoms with Crippen molar-refractivity contribution in [1.82, 2.24) is 10.2 Å². The van der Waals surface area contributed by atoms with Crippen LogP contribution in [0.4, 0.5) is 5.69 Å². The van der Waals surface area contributed by atoms with E-state index in [0.717, 1.165) is 30.6 Å². The normalized spacial score (nSPS) is 19.4. The van der Waals surface area contributed by atoms with Crippen LogP contribution in [0.1, 0.15) is 38.3 Å². The average Bonchev–Trinajstić information content (AvgIpc) is 2.74. The molecular weight excluding hydrogens is 350 g/mol. The van der Waals surface area contributed by atoms with Crippen molar-refractivity contribution in [3.63, 3.8) is 0 Å². The number of hydrogen-bond donors (Lipinski definition) is 2. The van der Waals surface area contributed by atoms with Gasteiger partial charge in [-0.1, -0.05) is 48.5 Å². The predicted octanol–water partition coefficient (Wildman–Crippen LogP) is 3.60. The first-order valence-electron chi connectivity index (χ1n) is 10.00. The van der Waals surface area contributed by atoms with Crippen molar-refractivity contribution in [1.29, 1.82) is 0 Å². The van der Waals surface area contributed by atoms with Gasteiger partial charge in [0.05, 0.1) is 18.0 Å². The zero-order valence-electron chi connectivity index (χ0n) is 16.6. The third-order valence-corrected chi connectivity index (χ3v) is 5.45. The third kappa shape index (κ3) is 5.20. The van der Waals surface area contributed by atoms with E-state index in [1.807, 2.05) is 74.5 Å². The highest BCUT2D eigenvalue weighted by molar-refractivity contribution is 5.92. The first-order valence-corrected chi connectivity index (χ1v) is 10.00. The fraction of sp³-hybridized carbons (Fsp3) is 0.391. The molecule has 1 fully saturated rings. The van der Waals surface area contributed by atoms with Crippen LogP contribution in [0.2, 0.25) is 0 Å². The van der Waals surface area contributed by atoms with Crippen LogP contribution in [0.3, 0.4) is 0 Å². The Balaban J connectivity index is 1.55. The van der Waals surface area contributed by atoms with Crippen molar-refractivity contribution in [3.8, 4) is 0 Å². The highest BCUT2D eigenvalue weighted by Crippen LogP contribution is 2.21. The van der Waals surface area contributed by atoms with E-state index in [4.69, 9.17) is 0 Å². The molecular formula is C23H29N3O2. The average molecular weight is 380 g/mol. The number of benzene rings is 2. The van der Waals surface area contributed by atoms with E-state index in [1.165, 1.54) is 0 Å². The zero-order valence-corrected chi connectivity index (χ0v) is 16.6. The smallest absolute Gasteiger partial charge is 0.237 e. The van der Waals surface area contributed by atoms with Gasteiger partial charge < -0.3 is 10.6 Å². The van der Waals surface area contributed by atoms with Crippen molar-refractivity contribution in [2.24, 2.45) is 5.92 Å². The van der Waals surface area contributed by atoms with Crippen LogP contribution in [0, 0.1) is 5.92 Å². The molecule has 3 rings (SSSR count). The van der Waals surface area contributed by atoms with Gasteiger partial charge in [-0.25, -0.2) is 0 Å². The lowest BCUT2D eigenvalue weighted by atomic mass is 9.95. The predicted molar refractivity (Wildman–Crippen MR) is 112 cm³/mol. The monoisotopic (exact) mass is 379 g/mol. The zero-order chi connectivity index (χ0) is 19.9. The summed E-state index contributed by atoms with van der Waals surface area (Å²) in [6, 6.07) is 19.1. The standard InChI is InChI=1S/C23H29N3O2/c1-17(19-10-5-3-6-11-19)24-22(27)18(2)26-15-9-12-20(16-26)23(28)25-21-13-7-4-8-14-21/h3-8,10-11,13-14,17-18,20H,9,12,15-16H2,1-2H3,(H,24,27)(H,25,28)/t17-,18-,20-/m0/s1. The van der Waals surface area contributed by atoms with E-state index < -0.39 is 0 Å². The summed E-state index contributed by atoms with van der Waals surface area (Å²) >= 11 is 0. The number of carbonyl (C=O) groups excluding carboxylic acids is 2. The fourth-order valence-corrected chi connectivity index (χ4v) is 3.66. The van der Waals surface area contributed by atoms with Gasteiger partial charge in [0.25, 0.3) is 0 Å². The first kappa shape index (κ1) is 20.1. The highest BCUT2D eigenvalue weighted by atomic mass is 16.2. The summed E-state index contributed by atoms with van der Waals surface area (Å²) in [5.41, 5.74) is 1.90. The molecule has 148 valence electrons. The van der Waals surface area contributed by atoms with Gasteiger partial charge in [-0.3, -0.25) is 14.5 Å². The molecule has 3 atom stereocenters. The molecule has 1 aliphatic rings. The van der Waals surface area contributed by atoms with E-state index in [1.54, 1.807) is 0 Å². The number of piperidine rings is 1. The Morgan fingerprint density at radius 3 is 2.32 bits per heavy atom. The molecule has 2 amide bonds. The minimum absolute atomic E-state index is 0.000436. The van der Waals surface area contributed by atoms with Gasteiger partial charge in [-0.15, -0.1) is 0 Å². The van der Waals surface area contributed by atoms with E-state index in [0.29, 0.717) is 6.54 Å². The number of para-hydroxylation sites is 1. The van der Waals surface area contributed by atoms with Gasteiger partial charge in [-0.05, 0) is 50.9 Å². The molecule has 5 nitrogen and oxygen atoms in total. The number of hydrogen-bond acceptors (Lipinski definition) is 3. The number of anilines is 1. The van der Waals surface area contributed by atoms with Crippen LogP contribution < -0.4 is 10.6 Å². The molecule has 28 heavy (non-hydrogen) atoms. The van der Waals surface area contributed by atoms with Gasteiger partial charge in [0.2, 0.25) is 11.8 Å². The van der Waals surface area contributed by atoms with Crippen LogP contribution in [0.5, 0.6) is 0 Å². The molecule has 0 radical (unpaired) electrons. The highest BCUT2D eigenvalue weighted by Gasteiger charge is 2.31.